The van der Waals surface area contributed by atoms with Gasteiger partial charge in [0.05, 0.1) is 18.2 Å². The van der Waals surface area contributed by atoms with Gasteiger partial charge >= 0.3 is 0 Å². The summed E-state index contributed by atoms with van der Waals surface area (Å²) in [6.45, 7) is 4.46. The molecule has 2 heterocycles. The lowest BCUT2D eigenvalue weighted by Crippen LogP contribution is -2.46. The molecule has 2 aromatic carbocycles. The van der Waals surface area contributed by atoms with Crippen molar-refractivity contribution in [3.05, 3.63) is 65.0 Å². The molecule has 2 saturated heterocycles. The molecule has 2 aliphatic heterocycles. The SMILES string of the molecule is CCOc1c(F)c(F)cc(C(=O)NC[C@]23CCC[C@H]2CN(C(=O)[C@@H]2CCCN2Cc2ccccc2)C3)c1F. The van der Waals surface area contributed by atoms with Crippen molar-refractivity contribution in [3.8, 4) is 5.75 Å². The van der Waals surface area contributed by atoms with E-state index in [1.807, 2.05) is 23.1 Å². The van der Waals surface area contributed by atoms with Gasteiger partial charge in [-0.3, -0.25) is 14.5 Å². The third kappa shape index (κ3) is 5.00. The molecule has 3 aliphatic rings. The molecular weight excluding hydrogens is 495 g/mol. The average Bonchev–Trinajstić information content (AvgIpc) is 3.62. The van der Waals surface area contributed by atoms with Gasteiger partial charge in [-0.15, -0.1) is 0 Å². The molecule has 3 fully saturated rings. The number of hydrogen-bond donors (Lipinski definition) is 1. The number of halogens is 3. The molecule has 0 radical (unpaired) electrons. The van der Waals surface area contributed by atoms with E-state index >= 15 is 0 Å². The van der Waals surface area contributed by atoms with Gasteiger partial charge in [-0.25, -0.2) is 8.78 Å². The number of carbonyl (C=O) groups excluding carboxylic acids is 2. The molecule has 0 unspecified atom stereocenters. The number of nitrogens with one attached hydrogen (secondary N) is 1. The van der Waals surface area contributed by atoms with Gasteiger partial charge in [0.1, 0.15) is 0 Å². The maximum atomic E-state index is 14.8. The standard InChI is InChI=1S/C29H34F3N3O3/c1-2-38-26-24(31)21(14-22(30)25(26)32)27(36)33-17-29-12-6-10-20(29)16-35(18-29)28(37)23-11-7-13-34(23)15-19-8-4-3-5-9-19/h3-5,8-9,14,20,23H,2,6-7,10-13,15-18H2,1H3,(H,33,36)/t20-,23-,29-/m0/s1. The van der Waals surface area contributed by atoms with E-state index in [9.17, 15) is 22.8 Å². The van der Waals surface area contributed by atoms with Crippen LogP contribution in [0.25, 0.3) is 0 Å². The Morgan fingerprint density at radius 3 is 2.66 bits per heavy atom. The normalized spacial score (nSPS) is 25.0. The van der Waals surface area contributed by atoms with Crippen molar-refractivity contribution in [2.45, 2.75) is 51.6 Å². The van der Waals surface area contributed by atoms with E-state index in [4.69, 9.17) is 4.74 Å². The molecule has 5 rings (SSSR count). The van der Waals surface area contributed by atoms with Crippen LogP contribution in [0, 0.1) is 28.8 Å². The van der Waals surface area contributed by atoms with Gasteiger partial charge in [0.25, 0.3) is 5.91 Å². The molecule has 38 heavy (non-hydrogen) atoms. The third-order valence-electron chi connectivity index (χ3n) is 8.48. The minimum Gasteiger partial charge on any atom is -0.488 e. The highest BCUT2D eigenvalue weighted by Crippen LogP contribution is 2.48. The lowest BCUT2D eigenvalue weighted by molar-refractivity contribution is -0.135. The zero-order valence-electron chi connectivity index (χ0n) is 21.7. The Bertz CT molecular complexity index is 1190. The summed E-state index contributed by atoms with van der Waals surface area (Å²) in [6, 6.07) is 10.6. The molecule has 9 heteroatoms. The van der Waals surface area contributed by atoms with Crippen LogP contribution in [-0.2, 0) is 11.3 Å². The fraction of sp³-hybridized carbons (Fsp3) is 0.517. The summed E-state index contributed by atoms with van der Waals surface area (Å²) in [5.74, 6) is -5.36. The number of fused-ring (bicyclic) bond motifs is 1. The maximum Gasteiger partial charge on any atom is 0.254 e. The van der Waals surface area contributed by atoms with Crippen LogP contribution in [0.1, 0.15) is 54.9 Å². The number of nitrogens with zero attached hydrogens (tertiary/aromatic N) is 2. The van der Waals surface area contributed by atoms with Gasteiger partial charge in [0.15, 0.2) is 17.4 Å². The Kier molecular flexibility index (Phi) is 7.66. The third-order valence-corrected chi connectivity index (χ3v) is 8.48. The van der Waals surface area contributed by atoms with Gasteiger partial charge in [-0.1, -0.05) is 36.8 Å². The number of carbonyl (C=O) groups is 2. The minimum atomic E-state index is -1.45. The Balaban J connectivity index is 1.26. The van der Waals surface area contributed by atoms with Crippen molar-refractivity contribution in [1.29, 1.82) is 0 Å². The van der Waals surface area contributed by atoms with Crippen LogP contribution in [0.4, 0.5) is 13.2 Å². The maximum absolute atomic E-state index is 14.8. The second-order valence-electron chi connectivity index (χ2n) is 10.8. The Morgan fingerprint density at radius 1 is 1.11 bits per heavy atom. The van der Waals surface area contributed by atoms with Crippen molar-refractivity contribution in [3.63, 3.8) is 0 Å². The molecule has 1 N–H and O–H groups in total. The van der Waals surface area contributed by atoms with Crippen LogP contribution in [0.3, 0.4) is 0 Å². The van der Waals surface area contributed by atoms with E-state index in [-0.39, 0.29) is 36.4 Å². The molecule has 0 bridgehead atoms. The van der Waals surface area contributed by atoms with Gasteiger partial charge < -0.3 is 15.0 Å². The van der Waals surface area contributed by atoms with E-state index in [0.29, 0.717) is 19.2 Å². The molecule has 6 nitrogen and oxygen atoms in total. The van der Waals surface area contributed by atoms with Gasteiger partial charge in [0, 0.05) is 31.6 Å². The number of amides is 2. The van der Waals surface area contributed by atoms with E-state index in [1.54, 1.807) is 0 Å². The van der Waals surface area contributed by atoms with Crippen molar-refractivity contribution >= 4 is 11.8 Å². The monoisotopic (exact) mass is 529 g/mol. The predicted molar refractivity (Wildman–Crippen MR) is 136 cm³/mol. The van der Waals surface area contributed by atoms with Crippen LogP contribution in [0.5, 0.6) is 5.75 Å². The zero-order chi connectivity index (χ0) is 26.9. The molecule has 2 amide bonds. The number of ether oxygens (including phenoxy) is 1. The molecule has 204 valence electrons. The van der Waals surface area contributed by atoms with Crippen molar-refractivity contribution in [2.75, 3.05) is 32.8 Å². The lowest BCUT2D eigenvalue weighted by Gasteiger charge is -2.31. The largest absolute Gasteiger partial charge is 0.488 e. The smallest absolute Gasteiger partial charge is 0.254 e. The number of benzene rings is 2. The summed E-state index contributed by atoms with van der Waals surface area (Å²) in [5, 5.41) is 2.76. The molecule has 2 aromatic rings. The fourth-order valence-corrected chi connectivity index (χ4v) is 6.56. The van der Waals surface area contributed by atoms with Gasteiger partial charge in [-0.05, 0) is 56.7 Å². The average molecular weight is 530 g/mol. The number of likely N-dealkylation sites (tertiary alicyclic amines) is 2. The first-order valence-corrected chi connectivity index (χ1v) is 13.5. The fourth-order valence-electron chi connectivity index (χ4n) is 6.56. The van der Waals surface area contributed by atoms with E-state index in [2.05, 4.69) is 22.3 Å². The second kappa shape index (κ2) is 11.0. The molecule has 0 spiro atoms. The molecule has 1 aliphatic carbocycles. The summed E-state index contributed by atoms with van der Waals surface area (Å²) < 4.78 is 47.8. The molecule has 1 saturated carbocycles. The van der Waals surface area contributed by atoms with Crippen molar-refractivity contribution in [2.24, 2.45) is 11.3 Å². The minimum absolute atomic E-state index is 0.0726. The van der Waals surface area contributed by atoms with E-state index in [0.717, 1.165) is 45.2 Å². The Hall–Kier alpha value is -3.07. The lowest BCUT2D eigenvalue weighted by atomic mass is 9.80. The highest BCUT2D eigenvalue weighted by molar-refractivity contribution is 5.95. The van der Waals surface area contributed by atoms with Crippen LogP contribution in [0.2, 0.25) is 0 Å². The molecule has 0 aromatic heterocycles. The van der Waals surface area contributed by atoms with E-state index in [1.165, 1.54) is 12.5 Å². The predicted octanol–water partition coefficient (Wildman–Crippen LogP) is 4.53. The summed E-state index contributed by atoms with van der Waals surface area (Å²) >= 11 is 0. The summed E-state index contributed by atoms with van der Waals surface area (Å²) in [4.78, 5) is 30.7. The van der Waals surface area contributed by atoms with Crippen LogP contribution < -0.4 is 10.1 Å². The van der Waals surface area contributed by atoms with Gasteiger partial charge in [0.2, 0.25) is 11.7 Å². The summed E-state index contributed by atoms with van der Waals surface area (Å²) in [7, 11) is 0. The van der Waals surface area contributed by atoms with Crippen LogP contribution >= 0.6 is 0 Å². The Labute approximate surface area is 221 Å². The van der Waals surface area contributed by atoms with Crippen LogP contribution in [0.15, 0.2) is 36.4 Å². The van der Waals surface area contributed by atoms with Gasteiger partial charge in [-0.2, -0.15) is 4.39 Å². The Morgan fingerprint density at radius 2 is 1.89 bits per heavy atom. The van der Waals surface area contributed by atoms with Crippen LogP contribution in [-0.4, -0.2) is 60.4 Å². The second-order valence-corrected chi connectivity index (χ2v) is 10.8. The molecular formula is C29H34F3N3O3. The first-order chi connectivity index (χ1) is 18.3. The van der Waals surface area contributed by atoms with Crippen molar-refractivity contribution < 1.29 is 27.5 Å². The van der Waals surface area contributed by atoms with E-state index < -0.39 is 34.7 Å². The molecule has 3 atom stereocenters. The first kappa shape index (κ1) is 26.5. The topological polar surface area (TPSA) is 61.9 Å². The highest BCUT2D eigenvalue weighted by atomic mass is 19.2. The summed E-state index contributed by atoms with van der Waals surface area (Å²) in [6.07, 6.45) is 4.58. The van der Waals surface area contributed by atoms with Crippen molar-refractivity contribution in [1.82, 2.24) is 15.1 Å². The summed E-state index contributed by atoms with van der Waals surface area (Å²) in [5.41, 5.74) is 0.278. The number of rotatable bonds is 8. The quantitative estimate of drug-likeness (QED) is 0.511. The highest BCUT2D eigenvalue weighted by Gasteiger charge is 2.52. The number of hydrogen-bond acceptors (Lipinski definition) is 4. The first-order valence-electron chi connectivity index (χ1n) is 13.5. The zero-order valence-corrected chi connectivity index (χ0v) is 21.7.